The van der Waals surface area contributed by atoms with Crippen molar-refractivity contribution < 1.29 is 0 Å². The Morgan fingerprint density at radius 2 is 0.903 bits per heavy atom. The molecule has 3 rings (SSSR count). The molecule has 0 saturated heterocycles. The third kappa shape index (κ3) is 5.30. The molecule has 1 nitrogen and oxygen atoms in total. The first kappa shape index (κ1) is 24.6. The molecule has 162 valence electrons. The maximum Gasteiger partial charge on any atom is 0.210 e. The highest BCUT2D eigenvalue weighted by Gasteiger charge is 2.51. The molecule has 0 radical (unpaired) electrons. The van der Waals surface area contributed by atoms with Crippen molar-refractivity contribution in [2.24, 2.45) is 0 Å². The van der Waals surface area contributed by atoms with E-state index in [9.17, 15) is 0 Å². The maximum absolute atomic E-state index is 7.57. The molecule has 0 aromatic heterocycles. The molecule has 0 spiro atoms. The number of hydrogen-bond donors (Lipinski definition) is 0. The van der Waals surface area contributed by atoms with Gasteiger partial charge in [-0.1, -0.05) is 93.9 Å². The SMILES string of the molecule is C[Si](C)(C)N(P=C(Cl)[P+](c1ccccc1)(c1ccccc1)c1ccccc1)[Si](C)(C)C. The lowest BCUT2D eigenvalue weighted by atomic mass is 10.4. The van der Waals surface area contributed by atoms with Crippen molar-refractivity contribution in [2.45, 2.75) is 39.3 Å². The largest absolute Gasteiger partial charge is 0.296 e. The zero-order valence-corrected chi connectivity index (χ0v) is 23.9. The molecule has 0 amide bonds. The highest BCUT2D eigenvalue weighted by Crippen LogP contribution is 2.60. The van der Waals surface area contributed by atoms with Crippen molar-refractivity contribution in [3.63, 3.8) is 0 Å². The first-order valence-electron chi connectivity index (χ1n) is 10.7. The standard InChI is InChI=1S/C25H33ClNP2Si2/c1-30(2,3)27(31(4,5)6)28-25(26)29(22-16-10-7-11-17-22,23-18-12-8-13-19-23)24-20-14-9-15-21-24/h7-21H,1-6H3/q+1. The Kier molecular flexibility index (Phi) is 7.80. The van der Waals surface area contributed by atoms with E-state index in [1.54, 1.807) is 0 Å². The van der Waals surface area contributed by atoms with Crippen LogP contribution in [0.15, 0.2) is 91.0 Å². The van der Waals surface area contributed by atoms with Crippen LogP contribution in [0.4, 0.5) is 0 Å². The van der Waals surface area contributed by atoms with Crippen LogP contribution in [0.1, 0.15) is 0 Å². The Bertz CT molecular complexity index is 903. The Hall–Kier alpha value is -1.06. The summed E-state index contributed by atoms with van der Waals surface area (Å²) in [5, 5.41) is 3.95. The highest BCUT2D eigenvalue weighted by atomic mass is 35.5. The van der Waals surface area contributed by atoms with Gasteiger partial charge in [0.05, 0.1) is 0 Å². The third-order valence-electron chi connectivity index (χ3n) is 5.16. The predicted octanol–water partition coefficient (Wildman–Crippen LogP) is 7.14. The van der Waals surface area contributed by atoms with E-state index in [0.29, 0.717) is 0 Å². The van der Waals surface area contributed by atoms with E-state index in [1.807, 2.05) is 0 Å². The normalized spacial score (nSPS) is 13.5. The minimum absolute atomic E-state index is 1.06. The zero-order valence-electron chi connectivity index (χ0n) is 19.4. The number of nitrogens with zero attached hydrogens (tertiary/aromatic N) is 1. The number of hydrogen-bond acceptors (Lipinski definition) is 1. The average Bonchev–Trinajstić information content (AvgIpc) is 2.73. The van der Waals surface area contributed by atoms with E-state index in [-0.39, 0.29) is 0 Å². The quantitative estimate of drug-likeness (QED) is 0.246. The monoisotopic (exact) mass is 500 g/mol. The molecule has 0 bridgehead atoms. The van der Waals surface area contributed by atoms with Crippen molar-refractivity contribution in [1.82, 2.24) is 4.00 Å². The molecular formula is C25H33ClNP2Si2+. The molecule has 0 unspecified atom stereocenters. The van der Waals surface area contributed by atoms with Crippen molar-refractivity contribution in [3.8, 4) is 0 Å². The second-order valence-corrected chi connectivity index (χ2v) is 26.1. The van der Waals surface area contributed by atoms with Gasteiger partial charge in [0.1, 0.15) is 32.4 Å². The maximum atomic E-state index is 7.57. The fraction of sp³-hybridized carbons (Fsp3) is 0.240. The van der Waals surface area contributed by atoms with E-state index < -0.39 is 23.7 Å². The third-order valence-corrected chi connectivity index (χ3v) is 22.2. The Labute approximate surface area is 197 Å². The van der Waals surface area contributed by atoms with E-state index in [1.165, 1.54) is 24.3 Å². The van der Waals surface area contributed by atoms with Crippen LogP contribution in [0, 0.1) is 0 Å². The molecule has 6 heteroatoms. The van der Waals surface area contributed by atoms with Crippen LogP contribution >= 0.6 is 27.2 Å². The van der Waals surface area contributed by atoms with Gasteiger partial charge in [0.15, 0.2) is 7.26 Å². The summed E-state index contributed by atoms with van der Waals surface area (Å²) >= 11 is 7.57. The number of benzene rings is 3. The minimum atomic E-state index is -2.16. The first-order valence-corrected chi connectivity index (χ1v) is 20.6. The molecular weight excluding hydrogens is 468 g/mol. The van der Waals surface area contributed by atoms with E-state index in [0.717, 1.165) is 4.49 Å². The molecule has 0 atom stereocenters. The zero-order chi connectivity index (χ0) is 22.7. The minimum Gasteiger partial charge on any atom is -0.296 e. The van der Waals surface area contributed by atoms with Crippen LogP contribution in [0.5, 0.6) is 0 Å². The molecule has 3 aromatic rings. The summed E-state index contributed by atoms with van der Waals surface area (Å²) in [6, 6.07) is 32.7. The van der Waals surface area contributed by atoms with Crippen molar-refractivity contribution in [1.29, 1.82) is 0 Å². The fourth-order valence-electron chi connectivity index (χ4n) is 4.18. The average molecular weight is 501 g/mol. The molecule has 0 aliphatic heterocycles. The summed E-state index contributed by atoms with van der Waals surface area (Å²) in [4.78, 5) is 0. The Balaban J connectivity index is 2.40. The summed E-state index contributed by atoms with van der Waals surface area (Å²) in [6.45, 7) is 14.6. The predicted molar refractivity (Wildman–Crippen MR) is 151 cm³/mol. The van der Waals surface area contributed by atoms with Crippen molar-refractivity contribution >= 4 is 64.1 Å². The van der Waals surface area contributed by atoms with Gasteiger partial charge >= 0.3 is 0 Å². The van der Waals surface area contributed by atoms with Gasteiger partial charge in [-0.05, 0) is 48.0 Å². The highest BCUT2D eigenvalue weighted by molar-refractivity contribution is 8.16. The summed E-state index contributed by atoms with van der Waals surface area (Å²) in [5.74, 6) is 0. The lowest BCUT2D eigenvalue weighted by Crippen LogP contribution is -2.53. The van der Waals surface area contributed by atoms with Crippen LogP contribution in [0.2, 0.25) is 39.3 Å². The molecule has 0 fully saturated rings. The smallest absolute Gasteiger partial charge is 0.210 e. The molecule has 0 aliphatic rings. The Morgan fingerprint density at radius 3 is 1.16 bits per heavy atom. The second-order valence-electron chi connectivity index (χ2n) is 9.70. The second kappa shape index (κ2) is 9.83. The molecule has 0 saturated carbocycles. The van der Waals surface area contributed by atoms with Gasteiger partial charge in [-0.2, -0.15) is 0 Å². The molecule has 3 aromatic carbocycles. The topological polar surface area (TPSA) is 3.24 Å². The van der Waals surface area contributed by atoms with Crippen LogP contribution in [-0.2, 0) is 0 Å². The summed E-state index contributed by atoms with van der Waals surface area (Å²) in [7, 11) is -4.13. The van der Waals surface area contributed by atoms with Crippen LogP contribution in [0.3, 0.4) is 0 Å². The van der Waals surface area contributed by atoms with Crippen molar-refractivity contribution in [3.05, 3.63) is 91.0 Å². The summed E-state index contributed by atoms with van der Waals surface area (Å²) in [6.07, 6.45) is 0. The van der Waals surface area contributed by atoms with E-state index in [4.69, 9.17) is 11.6 Å². The number of rotatable bonds is 7. The Morgan fingerprint density at radius 1 is 0.613 bits per heavy atom. The van der Waals surface area contributed by atoms with Gasteiger partial charge in [0.25, 0.3) is 0 Å². The molecule has 31 heavy (non-hydrogen) atoms. The lowest BCUT2D eigenvalue weighted by molar-refractivity contribution is 0.999. The van der Waals surface area contributed by atoms with Gasteiger partial charge in [-0.15, -0.1) is 0 Å². The van der Waals surface area contributed by atoms with E-state index in [2.05, 4.69) is 134 Å². The molecule has 0 N–H and O–H groups in total. The van der Waals surface area contributed by atoms with Gasteiger partial charge in [-0.3, -0.25) is 4.00 Å². The van der Waals surface area contributed by atoms with Crippen LogP contribution in [-0.4, -0.2) is 25.0 Å². The van der Waals surface area contributed by atoms with Crippen LogP contribution in [0.25, 0.3) is 0 Å². The fourth-order valence-corrected chi connectivity index (χ4v) is 22.6. The number of halogens is 1. The van der Waals surface area contributed by atoms with Gasteiger partial charge < -0.3 is 0 Å². The molecule has 0 aliphatic carbocycles. The lowest BCUT2D eigenvalue weighted by Gasteiger charge is -2.40. The molecule has 0 heterocycles. The van der Waals surface area contributed by atoms with Gasteiger partial charge in [0.2, 0.25) is 4.49 Å². The van der Waals surface area contributed by atoms with Crippen LogP contribution < -0.4 is 15.9 Å². The van der Waals surface area contributed by atoms with Gasteiger partial charge in [0, 0.05) is 8.35 Å². The first-order chi connectivity index (χ1) is 14.6. The van der Waals surface area contributed by atoms with E-state index >= 15 is 0 Å². The van der Waals surface area contributed by atoms with Gasteiger partial charge in [-0.25, -0.2) is 0 Å². The summed E-state index contributed by atoms with van der Waals surface area (Å²) in [5.41, 5.74) is 0. The van der Waals surface area contributed by atoms with Crippen molar-refractivity contribution in [2.75, 3.05) is 0 Å². The summed E-state index contributed by atoms with van der Waals surface area (Å²) < 4.78 is 3.83.